The van der Waals surface area contributed by atoms with Crippen molar-refractivity contribution in [1.82, 2.24) is 0 Å². The Hall–Kier alpha value is -0.420. The van der Waals surface area contributed by atoms with Crippen molar-refractivity contribution >= 4 is 5.84 Å². The number of rotatable bonds is 2. The molecule has 1 aromatic carbocycles. The predicted molar refractivity (Wildman–Crippen MR) is 59.4 cm³/mol. The van der Waals surface area contributed by atoms with E-state index < -0.39 is 0 Å². The summed E-state index contributed by atoms with van der Waals surface area (Å²) < 4.78 is 0.953. The number of nitrogens with zero attached hydrogens (tertiary/aromatic N) is 2. The van der Waals surface area contributed by atoms with Gasteiger partial charge in [0.25, 0.3) is 0 Å². The summed E-state index contributed by atoms with van der Waals surface area (Å²) in [5.41, 5.74) is 1.36. The average Bonchev–Trinajstić information content (AvgIpc) is 2.48. The number of aliphatic imine (C=N–C) groups is 1. The van der Waals surface area contributed by atoms with E-state index in [-0.39, 0.29) is 24.0 Å². The van der Waals surface area contributed by atoms with Gasteiger partial charge in [-0.1, -0.05) is 30.3 Å². The largest absolute Gasteiger partial charge is 1.00 e. The molecule has 1 aliphatic heterocycles. The van der Waals surface area contributed by atoms with Crippen molar-refractivity contribution < 1.29 is 28.5 Å². The highest BCUT2D eigenvalue weighted by Gasteiger charge is 2.28. The Bertz CT molecular complexity index is 344. The fourth-order valence-corrected chi connectivity index (χ4v) is 1.80. The first-order chi connectivity index (χ1) is 6.68. The molecular weight excluding hydrogens is 299 g/mol. The molecule has 0 fully saturated rings. The molecule has 0 bridgehead atoms. The van der Waals surface area contributed by atoms with Crippen molar-refractivity contribution in [2.45, 2.75) is 6.42 Å². The number of benzene rings is 1. The van der Waals surface area contributed by atoms with Gasteiger partial charge in [-0.2, -0.15) is 0 Å². The smallest absolute Gasteiger partial charge is 0.202 e. The van der Waals surface area contributed by atoms with E-state index in [0.717, 1.165) is 24.0 Å². The summed E-state index contributed by atoms with van der Waals surface area (Å²) in [4.78, 5) is 4.57. The van der Waals surface area contributed by atoms with Gasteiger partial charge >= 0.3 is 0 Å². The third-order valence-electron chi connectivity index (χ3n) is 2.86. The number of amidine groups is 1. The lowest BCUT2D eigenvalue weighted by atomic mass is 10.1. The van der Waals surface area contributed by atoms with Crippen LogP contribution in [0.25, 0.3) is 0 Å². The Morgan fingerprint density at radius 3 is 2.40 bits per heavy atom. The van der Waals surface area contributed by atoms with Gasteiger partial charge in [0.05, 0.1) is 27.1 Å². The number of likely N-dealkylation sites (N-methyl/N-ethyl adjacent to an activating group) is 1. The van der Waals surface area contributed by atoms with Gasteiger partial charge in [-0.05, 0) is 5.56 Å². The van der Waals surface area contributed by atoms with Crippen molar-refractivity contribution in [2.24, 2.45) is 4.99 Å². The molecule has 2 nitrogen and oxygen atoms in total. The fourth-order valence-electron chi connectivity index (χ4n) is 1.80. The van der Waals surface area contributed by atoms with Gasteiger partial charge in [-0.25, -0.2) is 4.99 Å². The monoisotopic (exact) mass is 316 g/mol. The van der Waals surface area contributed by atoms with Crippen LogP contribution in [0.3, 0.4) is 0 Å². The van der Waals surface area contributed by atoms with Crippen molar-refractivity contribution in [2.75, 3.05) is 27.2 Å². The summed E-state index contributed by atoms with van der Waals surface area (Å²) in [6, 6.07) is 10.6. The quantitative estimate of drug-likeness (QED) is 0.476. The first-order valence-electron chi connectivity index (χ1n) is 5.09. The molecule has 2 rings (SSSR count). The molecular formula is C12H17IN2. The third-order valence-corrected chi connectivity index (χ3v) is 2.86. The van der Waals surface area contributed by atoms with Crippen LogP contribution in [0.5, 0.6) is 0 Å². The highest BCUT2D eigenvalue weighted by Crippen LogP contribution is 2.12. The van der Waals surface area contributed by atoms with Crippen LogP contribution < -0.4 is 24.0 Å². The molecule has 0 aromatic heterocycles. The van der Waals surface area contributed by atoms with E-state index in [1.54, 1.807) is 0 Å². The summed E-state index contributed by atoms with van der Waals surface area (Å²) in [5, 5.41) is 0. The summed E-state index contributed by atoms with van der Waals surface area (Å²) in [5.74, 6) is 1.30. The van der Waals surface area contributed by atoms with E-state index >= 15 is 0 Å². The number of quaternary nitrogens is 1. The van der Waals surface area contributed by atoms with E-state index in [4.69, 9.17) is 0 Å². The molecule has 15 heavy (non-hydrogen) atoms. The van der Waals surface area contributed by atoms with Crippen LogP contribution in [-0.2, 0) is 6.42 Å². The molecule has 0 aliphatic carbocycles. The summed E-state index contributed by atoms with van der Waals surface area (Å²) in [6.45, 7) is 2.12. The Balaban J connectivity index is 0.00000112. The first kappa shape index (κ1) is 12.6. The molecule has 0 atom stereocenters. The second kappa shape index (κ2) is 5.07. The van der Waals surface area contributed by atoms with Gasteiger partial charge in [-0.15, -0.1) is 0 Å². The van der Waals surface area contributed by atoms with Gasteiger partial charge in [0, 0.05) is 0 Å². The fraction of sp³-hybridized carbons (Fsp3) is 0.417. The minimum Gasteiger partial charge on any atom is -1.00 e. The Morgan fingerprint density at radius 2 is 1.87 bits per heavy atom. The van der Waals surface area contributed by atoms with Crippen LogP contribution in [0.15, 0.2) is 35.3 Å². The van der Waals surface area contributed by atoms with Crippen LogP contribution in [0.1, 0.15) is 5.56 Å². The Kier molecular flexibility index (Phi) is 4.28. The Morgan fingerprint density at radius 1 is 1.20 bits per heavy atom. The lowest BCUT2D eigenvalue weighted by Gasteiger charge is -2.24. The van der Waals surface area contributed by atoms with Crippen molar-refractivity contribution in [3.63, 3.8) is 0 Å². The lowest BCUT2D eigenvalue weighted by molar-refractivity contribution is -0.793. The third kappa shape index (κ3) is 3.01. The zero-order chi connectivity index (χ0) is 10.0. The van der Waals surface area contributed by atoms with Gasteiger partial charge in [0.15, 0.2) is 0 Å². The lowest BCUT2D eigenvalue weighted by Crippen LogP contribution is -3.00. The number of hydrogen-bond acceptors (Lipinski definition) is 1. The van der Waals surface area contributed by atoms with E-state index in [1.165, 1.54) is 11.4 Å². The van der Waals surface area contributed by atoms with E-state index in [2.05, 4.69) is 49.4 Å². The van der Waals surface area contributed by atoms with E-state index in [0.29, 0.717) is 0 Å². The summed E-state index contributed by atoms with van der Waals surface area (Å²) in [6.07, 6.45) is 0.994. The van der Waals surface area contributed by atoms with Crippen LogP contribution in [0.4, 0.5) is 0 Å². The number of halogens is 1. The van der Waals surface area contributed by atoms with E-state index in [1.807, 2.05) is 0 Å². The highest BCUT2D eigenvalue weighted by atomic mass is 127. The molecule has 0 spiro atoms. The van der Waals surface area contributed by atoms with Crippen molar-refractivity contribution in [3.05, 3.63) is 35.9 Å². The molecule has 0 unspecified atom stereocenters. The first-order valence-corrected chi connectivity index (χ1v) is 5.09. The zero-order valence-corrected chi connectivity index (χ0v) is 11.4. The SMILES string of the molecule is C[N+]1(C)CCN=C1Cc1ccccc1.[I-]. The van der Waals surface area contributed by atoms with Crippen LogP contribution in [0, 0.1) is 0 Å². The van der Waals surface area contributed by atoms with Gasteiger partial charge < -0.3 is 24.0 Å². The molecule has 1 heterocycles. The molecule has 82 valence electrons. The predicted octanol–water partition coefficient (Wildman–Crippen LogP) is -1.28. The second-order valence-electron chi connectivity index (χ2n) is 4.37. The van der Waals surface area contributed by atoms with Gasteiger partial charge in [0.1, 0.15) is 6.54 Å². The molecule has 0 radical (unpaired) electrons. The zero-order valence-electron chi connectivity index (χ0n) is 9.28. The molecule has 0 amide bonds. The van der Waals surface area contributed by atoms with Crippen molar-refractivity contribution in [3.8, 4) is 0 Å². The molecule has 0 N–H and O–H groups in total. The normalized spacial score (nSPS) is 18.1. The van der Waals surface area contributed by atoms with Gasteiger partial charge in [0.2, 0.25) is 5.84 Å². The molecule has 0 saturated heterocycles. The maximum atomic E-state index is 4.57. The number of hydrogen-bond donors (Lipinski definition) is 0. The highest BCUT2D eigenvalue weighted by molar-refractivity contribution is 5.79. The van der Waals surface area contributed by atoms with Crippen LogP contribution in [-0.4, -0.2) is 37.5 Å². The molecule has 3 heteroatoms. The molecule has 1 aromatic rings. The minimum atomic E-state index is 0. The van der Waals surface area contributed by atoms with Crippen LogP contribution in [0.2, 0.25) is 0 Å². The van der Waals surface area contributed by atoms with Gasteiger partial charge in [-0.3, -0.25) is 4.48 Å². The van der Waals surface area contributed by atoms with E-state index in [9.17, 15) is 0 Å². The maximum Gasteiger partial charge on any atom is 0.202 e. The Labute approximate surface area is 109 Å². The van der Waals surface area contributed by atoms with Crippen molar-refractivity contribution in [1.29, 1.82) is 0 Å². The summed E-state index contributed by atoms with van der Waals surface area (Å²) >= 11 is 0. The standard InChI is InChI=1S/C12H17N2.HI/c1-14(2)9-8-13-12(14)10-11-6-4-3-5-7-11;/h3-7H,8-10H2,1-2H3;1H/q+1;/p-1. The second-order valence-corrected chi connectivity index (χ2v) is 4.37. The minimum absolute atomic E-state index is 0. The maximum absolute atomic E-state index is 4.57. The average molecular weight is 316 g/mol. The summed E-state index contributed by atoms with van der Waals surface area (Å²) in [7, 11) is 4.46. The van der Waals surface area contributed by atoms with Crippen LogP contribution >= 0.6 is 0 Å². The topological polar surface area (TPSA) is 12.4 Å². The molecule has 1 aliphatic rings. The molecule has 0 saturated carbocycles.